The molecule has 3 heteroatoms. The second-order valence-corrected chi connectivity index (χ2v) is 7.42. The fraction of sp³-hybridized carbons (Fsp3) is 0.375. The third-order valence-electron chi connectivity index (χ3n) is 2.97. The van der Waals surface area contributed by atoms with Gasteiger partial charge in [0.15, 0.2) is 0 Å². The highest BCUT2D eigenvalue weighted by Crippen LogP contribution is 2.26. The van der Waals surface area contributed by atoms with Crippen LogP contribution in [0.25, 0.3) is 0 Å². The molecule has 0 saturated carbocycles. The summed E-state index contributed by atoms with van der Waals surface area (Å²) in [4.78, 5) is 2.81. The van der Waals surface area contributed by atoms with Crippen molar-refractivity contribution in [2.24, 2.45) is 0 Å². The molecule has 0 fully saturated rings. The third kappa shape index (κ3) is 4.68. The van der Waals surface area contributed by atoms with Crippen LogP contribution in [0.4, 0.5) is 0 Å². The second-order valence-electron chi connectivity index (χ2n) is 4.91. The lowest BCUT2D eigenvalue weighted by Gasteiger charge is -2.14. The summed E-state index contributed by atoms with van der Waals surface area (Å²) in [5.74, 6) is 0. The number of benzene rings is 1. The molecular weight excluding hydrogens is 270 g/mol. The normalized spacial score (nSPS) is 12.6. The fourth-order valence-electron chi connectivity index (χ4n) is 2.00. The summed E-state index contributed by atoms with van der Waals surface area (Å²) < 4.78 is 0. The van der Waals surface area contributed by atoms with Crippen molar-refractivity contribution in [1.29, 1.82) is 0 Å². The highest BCUT2D eigenvalue weighted by atomic mass is 32.2. The second kappa shape index (κ2) is 7.13. The van der Waals surface area contributed by atoms with Crippen LogP contribution in [0.5, 0.6) is 0 Å². The van der Waals surface area contributed by atoms with Gasteiger partial charge in [-0.3, -0.25) is 0 Å². The maximum Gasteiger partial charge on any atom is 0.0300 e. The van der Waals surface area contributed by atoms with Gasteiger partial charge in [0.1, 0.15) is 0 Å². The molecule has 1 aromatic heterocycles. The summed E-state index contributed by atoms with van der Waals surface area (Å²) in [6.07, 6.45) is 0. The lowest BCUT2D eigenvalue weighted by atomic mass is 10.2. The lowest BCUT2D eigenvalue weighted by molar-refractivity contribution is 0.690. The van der Waals surface area contributed by atoms with E-state index in [1.54, 1.807) is 0 Å². The van der Waals surface area contributed by atoms with E-state index in [1.807, 2.05) is 23.1 Å². The molecule has 19 heavy (non-hydrogen) atoms. The standard InChI is InChI=1S/C16H21NS2/c1-12-6-7-16(13(2)9-12)19-14(3)10-17-11-15-5-4-8-18-15/h4-9,14,17H,10-11H2,1-3H3. The number of thiophene rings is 1. The van der Waals surface area contributed by atoms with Crippen LogP contribution in [0.2, 0.25) is 0 Å². The zero-order valence-corrected chi connectivity index (χ0v) is 13.4. The van der Waals surface area contributed by atoms with Gasteiger partial charge in [-0.15, -0.1) is 23.1 Å². The SMILES string of the molecule is Cc1ccc(SC(C)CNCc2cccs2)c(C)c1. The molecule has 1 N–H and O–H groups in total. The van der Waals surface area contributed by atoms with Gasteiger partial charge in [-0.05, 0) is 36.9 Å². The highest BCUT2D eigenvalue weighted by Gasteiger charge is 2.06. The van der Waals surface area contributed by atoms with Gasteiger partial charge >= 0.3 is 0 Å². The number of aryl methyl sites for hydroxylation is 2. The van der Waals surface area contributed by atoms with Crippen LogP contribution in [-0.2, 0) is 6.54 Å². The number of hydrogen-bond acceptors (Lipinski definition) is 3. The maximum atomic E-state index is 3.53. The van der Waals surface area contributed by atoms with E-state index in [2.05, 4.69) is 61.8 Å². The minimum Gasteiger partial charge on any atom is -0.311 e. The topological polar surface area (TPSA) is 12.0 Å². The van der Waals surface area contributed by atoms with E-state index >= 15 is 0 Å². The van der Waals surface area contributed by atoms with Crippen molar-refractivity contribution in [2.75, 3.05) is 6.54 Å². The van der Waals surface area contributed by atoms with Crippen LogP contribution in [-0.4, -0.2) is 11.8 Å². The largest absolute Gasteiger partial charge is 0.311 e. The first-order chi connectivity index (χ1) is 9.15. The summed E-state index contributed by atoms with van der Waals surface area (Å²) in [6.45, 7) is 8.64. The van der Waals surface area contributed by atoms with Crippen molar-refractivity contribution in [2.45, 2.75) is 37.5 Å². The van der Waals surface area contributed by atoms with Crippen molar-refractivity contribution in [3.63, 3.8) is 0 Å². The molecule has 1 heterocycles. The van der Waals surface area contributed by atoms with Crippen molar-refractivity contribution >= 4 is 23.1 Å². The van der Waals surface area contributed by atoms with Gasteiger partial charge in [-0.2, -0.15) is 0 Å². The minimum absolute atomic E-state index is 0.585. The zero-order valence-electron chi connectivity index (χ0n) is 11.8. The van der Waals surface area contributed by atoms with Crippen LogP contribution in [0.1, 0.15) is 22.9 Å². The van der Waals surface area contributed by atoms with Crippen molar-refractivity contribution in [3.8, 4) is 0 Å². The highest BCUT2D eigenvalue weighted by molar-refractivity contribution is 8.00. The Morgan fingerprint density at radius 1 is 1.26 bits per heavy atom. The molecule has 0 saturated heterocycles. The monoisotopic (exact) mass is 291 g/mol. The summed E-state index contributed by atoms with van der Waals surface area (Å²) in [5.41, 5.74) is 2.72. The zero-order chi connectivity index (χ0) is 13.7. The Bertz CT molecular complexity index is 505. The third-order valence-corrected chi connectivity index (χ3v) is 5.13. The molecule has 0 aliphatic heterocycles. The molecule has 102 valence electrons. The maximum absolute atomic E-state index is 3.53. The number of nitrogens with one attached hydrogen (secondary N) is 1. The molecule has 0 aliphatic carbocycles. The molecule has 2 aromatic rings. The molecule has 2 rings (SSSR count). The number of thioether (sulfide) groups is 1. The van der Waals surface area contributed by atoms with E-state index in [0.29, 0.717) is 5.25 Å². The molecule has 0 amide bonds. The Hall–Kier alpha value is -0.770. The van der Waals surface area contributed by atoms with E-state index in [4.69, 9.17) is 0 Å². The van der Waals surface area contributed by atoms with Crippen LogP contribution < -0.4 is 5.32 Å². The predicted molar refractivity (Wildman–Crippen MR) is 87.3 cm³/mol. The molecule has 1 unspecified atom stereocenters. The van der Waals surface area contributed by atoms with Crippen molar-refractivity contribution in [3.05, 3.63) is 51.7 Å². The molecule has 1 nitrogen and oxygen atoms in total. The molecule has 0 radical (unpaired) electrons. The van der Waals surface area contributed by atoms with Crippen LogP contribution in [0.15, 0.2) is 40.6 Å². The van der Waals surface area contributed by atoms with E-state index < -0.39 is 0 Å². The van der Waals surface area contributed by atoms with E-state index in [0.717, 1.165) is 13.1 Å². The molecule has 1 aromatic carbocycles. The quantitative estimate of drug-likeness (QED) is 0.778. The molecule has 0 aliphatic rings. The van der Waals surface area contributed by atoms with Gasteiger partial charge in [0.25, 0.3) is 0 Å². The van der Waals surface area contributed by atoms with Gasteiger partial charge in [0, 0.05) is 28.1 Å². The van der Waals surface area contributed by atoms with Crippen molar-refractivity contribution < 1.29 is 0 Å². The Morgan fingerprint density at radius 3 is 2.79 bits per heavy atom. The lowest BCUT2D eigenvalue weighted by Crippen LogP contribution is -2.21. The van der Waals surface area contributed by atoms with Gasteiger partial charge in [0.05, 0.1) is 0 Å². The summed E-state index contributed by atoms with van der Waals surface area (Å²) in [6, 6.07) is 11.0. The Labute approximate surface area is 124 Å². The first-order valence-electron chi connectivity index (χ1n) is 6.62. The molecule has 1 atom stereocenters. The summed E-state index contributed by atoms with van der Waals surface area (Å²) in [5, 5.41) is 6.24. The van der Waals surface area contributed by atoms with Gasteiger partial charge in [0.2, 0.25) is 0 Å². The van der Waals surface area contributed by atoms with E-state index in [9.17, 15) is 0 Å². The van der Waals surface area contributed by atoms with Crippen LogP contribution in [0.3, 0.4) is 0 Å². The van der Waals surface area contributed by atoms with E-state index in [1.165, 1.54) is 20.9 Å². The summed E-state index contributed by atoms with van der Waals surface area (Å²) in [7, 11) is 0. The first kappa shape index (κ1) is 14.6. The predicted octanol–water partition coefficient (Wildman–Crippen LogP) is 4.64. The fourth-order valence-corrected chi connectivity index (χ4v) is 3.70. The average molecular weight is 291 g/mol. The molecular formula is C16H21NS2. The first-order valence-corrected chi connectivity index (χ1v) is 8.38. The Balaban J connectivity index is 1.79. The summed E-state index contributed by atoms with van der Waals surface area (Å²) >= 11 is 3.77. The Kier molecular flexibility index (Phi) is 5.49. The number of rotatable bonds is 6. The van der Waals surface area contributed by atoms with Crippen LogP contribution in [0, 0.1) is 13.8 Å². The molecule has 0 spiro atoms. The Morgan fingerprint density at radius 2 is 2.11 bits per heavy atom. The smallest absolute Gasteiger partial charge is 0.0300 e. The van der Waals surface area contributed by atoms with Crippen molar-refractivity contribution in [1.82, 2.24) is 5.32 Å². The average Bonchev–Trinajstić information content (AvgIpc) is 2.86. The van der Waals surface area contributed by atoms with Gasteiger partial charge in [-0.25, -0.2) is 0 Å². The van der Waals surface area contributed by atoms with Gasteiger partial charge in [-0.1, -0.05) is 30.7 Å². The number of hydrogen-bond donors (Lipinski definition) is 1. The molecule has 0 bridgehead atoms. The van der Waals surface area contributed by atoms with Crippen LogP contribution >= 0.6 is 23.1 Å². The van der Waals surface area contributed by atoms with Gasteiger partial charge < -0.3 is 5.32 Å². The van der Waals surface area contributed by atoms with E-state index in [-0.39, 0.29) is 0 Å². The minimum atomic E-state index is 0.585.